The summed E-state index contributed by atoms with van der Waals surface area (Å²) < 4.78 is 0. The zero-order valence-corrected chi connectivity index (χ0v) is 15.1. The van der Waals surface area contributed by atoms with Gasteiger partial charge in [0.2, 0.25) is 0 Å². The van der Waals surface area contributed by atoms with Gasteiger partial charge in [-0.15, -0.1) is 0 Å². The molecule has 24 heavy (non-hydrogen) atoms. The molecule has 0 unspecified atom stereocenters. The van der Waals surface area contributed by atoms with E-state index in [1.54, 1.807) is 6.92 Å². The lowest BCUT2D eigenvalue weighted by Gasteiger charge is -2.33. The summed E-state index contributed by atoms with van der Waals surface area (Å²) >= 11 is 0. The van der Waals surface area contributed by atoms with Crippen molar-refractivity contribution in [1.29, 1.82) is 0 Å². The van der Waals surface area contributed by atoms with Gasteiger partial charge in [0.15, 0.2) is 5.78 Å². The lowest BCUT2D eigenvalue weighted by molar-refractivity contribution is 0.101. The third-order valence-electron chi connectivity index (χ3n) is 5.24. The summed E-state index contributed by atoms with van der Waals surface area (Å²) in [6, 6.07) is 14.8. The number of allylic oxidation sites excluding steroid dienone is 1. The van der Waals surface area contributed by atoms with Crippen molar-refractivity contribution in [3.63, 3.8) is 0 Å². The van der Waals surface area contributed by atoms with E-state index in [1.807, 2.05) is 24.3 Å². The van der Waals surface area contributed by atoms with Gasteiger partial charge in [0.05, 0.1) is 0 Å². The fraction of sp³-hybridized carbons (Fsp3) is 0.348. The quantitative estimate of drug-likeness (QED) is 0.496. The van der Waals surface area contributed by atoms with Gasteiger partial charge < -0.3 is 0 Å². The average molecular weight is 318 g/mol. The van der Waals surface area contributed by atoms with Crippen molar-refractivity contribution in [3.8, 4) is 0 Å². The van der Waals surface area contributed by atoms with Crippen LogP contribution in [0.4, 0.5) is 0 Å². The highest BCUT2D eigenvalue weighted by Crippen LogP contribution is 2.38. The third-order valence-corrected chi connectivity index (χ3v) is 5.24. The topological polar surface area (TPSA) is 17.1 Å². The minimum absolute atomic E-state index is 0.110. The number of hydrogen-bond donors (Lipinski definition) is 0. The van der Waals surface area contributed by atoms with E-state index >= 15 is 0 Å². The number of rotatable bonds is 3. The summed E-state index contributed by atoms with van der Waals surface area (Å²) in [4.78, 5) is 11.4. The van der Waals surface area contributed by atoms with E-state index in [0.29, 0.717) is 0 Å². The minimum atomic E-state index is 0.110. The molecule has 0 N–H and O–H groups in total. The van der Waals surface area contributed by atoms with Gasteiger partial charge in [0, 0.05) is 5.56 Å². The normalized spacial score (nSPS) is 16.6. The second-order valence-electron chi connectivity index (χ2n) is 7.61. The summed E-state index contributed by atoms with van der Waals surface area (Å²) in [7, 11) is 0. The standard InChI is InChI=1S/C23H26O/c1-16(14-18-7-9-19(10-8-18)17(2)24)21-12-11-20-6-5-13-23(3,4)22(20)15-21/h7-12,14-15H,5-6,13H2,1-4H3/b16-14+. The third kappa shape index (κ3) is 3.36. The number of carbonyl (C=O) groups is 1. The Morgan fingerprint density at radius 2 is 1.67 bits per heavy atom. The molecule has 0 saturated heterocycles. The molecule has 0 spiro atoms. The van der Waals surface area contributed by atoms with Crippen molar-refractivity contribution in [3.05, 3.63) is 70.3 Å². The van der Waals surface area contributed by atoms with E-state index < -0.39 is 0 Å². The molecule has 0 bridgehead atoms. The van der Waals surface area contributed by atoms with Crippen LogP contribution in [0.15, 0.2) is 42.5 Å². The molecule has 1 aliphatic carbocycles. The van der Waals surface area contributed by atoms with Crippen LogP contribution in [0.25, 0.3) is 11.6 Å². The SMILES string of the molecule is CC(=O)c1ccc(/C=C(\C)c2ccc3c(c2)C(C)(C)CCC3)cc1. The van der Waals surface area contributed by atoms with E-state index in [4.69, 9.17) is 0 Å². The molecule has 0 radical (unpaired) electrons. The maximum atomic E-state index is 11.4. The summed E-state index contributed by atoms with van der Waals surface area (Å²) in [5.41, 5.74) is 7.73. The van der Waals surface area contributed by atoms with Crippen molar-refractivity contribution < 1.29 is 4.79 Å². The van der Waals surface area contributed by atoms with E-state index in [9.17, 15) is 4.79 Å². The highest BCUT2D eigenvalue weighted by Gasteiger charge is 2.27. The van der Waals surface area contributed by atoms with Crippen molar-refractivity contribution in [2.75, 3.05) is 0 Å². The number of ketones is 1. The smallest absolute Gasteiger partial charge is 0.159 e. The molecule has 0 atom stereocenters. The van der Waals surface area contributed by atoms with Crippen LogP contribution >= 0.6 is 0 Å². The average Bonchev–Trinajstić information content (AvgIpc) is 2.55. The maximum Gasteiger partial charge on any atom is 0.159 e. The number of carbonyl (C=O) groups excluding carboxylic acids is 1. The van der Waals surface area contributed by atoms with Crippen molar-refractivity contribution in [2.24, 2.45) is 0 Å². The van der Waals surface area contributed by atoms with Crippen LogP contribution < -0.4 is 0 Å². The van der Waals surface area contributed by atoms with Crippen LogP contribution in [0.3, 0.4) is 0 Å². The maximum absolute atomic E-state index is 11.4. The number of Topliss-reactive ketones (excluding diaryl/α,β-unsaturated/α-hetero) is 1. The monoisotopic (exact) mass is 318 g/mol. The fourth-order valence-corrected chi connectivity index (χ4v) is 3.67. The highest BCUT2D eigenvalue weighted by atomic mass is 16.1. The van der Waals surface area contributed by atoms with Crippen LogP contribution in [0.1, 0.15) is 73.1 Å². The van der Waals surface area contributed by atoms with Gasteiger partial charge in [-0.05, 0) is 66.4 Å². The largest absolute Gasteiger partial charge is 0.295 e. The molecular formula is C23H26O. The molecule has 0 aliphatic heterocycles. The Balaban J connectivity index is 1.92. The van der Waals surface area contributed by atoms with Gasteiger partial charge in [-0.25, -0.2) is 0 Å². The molecule has 3 rings (SSSR count). The Morgan fingerprint density at radius 1 is 1.00 bits per heavy atom. The molecule has 0 amide bonds. The van der Waals surface area contributed by atoms with Crippen molar-refractivity contribution in [1.82, 2.24) is 0 Å². The van der Waals surface area contributed by atoms with E-state index in [0.717, 1.165) is 11.1 Å². The van der Waals surface area contributed by atoms with Crippen LogP contribution in [0.2, 0.25) is 0 Å². The van der Waals surface area contributed by atoms with Crippen molar-refractivity contribution >= 4 is 17.4 Å². The Morgan fingerprint density at radius 3 is 2.33 bits per heavy atom. The molecule has 1 heteroatoms. The van der Waals surface area contributed by atoms with E-state index in [1.165, 1.54) is 41.5 Å². The number of benzene rings is 2. The predicted octanol–water partition coefficient (Wildman–Crippen LogP) is 6.06. The molecule has 2 aromatic carbocycles. The first-order chi connectivity index (χ1) is 11.4. The van der Waals surface area contributed by atoms with Crippen LogP contribution in [0, 0.1) is 0 Å². The molecular weight excluding hydrogens is 292 g/mol. The first-order valence-electron chi connectivity index (χ1n) is 8.80. The first-order valence-corrected chi connectivity index (χ1v) is 8.80. The van der Waals surface area contributed by atoms with Crippen LogP contribution in [-0.4, -0.2) is 5.78 Å². The Kier molecular flexibility index (Phi) is 4.45. The number of aryl methyl sites for hydroxylation is 1. The molecule has 0 aromatic heterocycles. The minimum Gasteiger partial charge on any atom is -0.295 e. The molecule has 0 fully saturated rings. The van der Waals surface area contributed by atoms with Crippen molar-refractivity contribution in [2.45, 2.75) is 52.4 Å². The van der Waals surface area contributed by atoms with Gasteiger partial charge in [-0.1, -0.05) is 62.4 Å². The predicted molar refractivity (Wildman–Crippen MR) is 102 cm³/mol. The summed E-state index contributed by atoms with van der Waals surface area (Å²) in [5.74, 6) is 0.110. The Bertz CT molecular complexity index is 791. The summed E-state index contributed by atoms with van der Waals surface area (Å²) in [6.45, 7) is 8.48. The second-order valence-corrected chi connectivity index (χ2v) is 7.61. The lowest BCUT2D eigenvalue weighted by Crippen LogP contribution is -2.23. The van der Waals surface area contributed by atoms with Gasteiger partial charge in [0.25, 0.3) is 0 Å². The summed E-state index contributed by atoms with van der Waals surface area (Å²) in [5, 5.41) is 0. The number of hydrogen-bond acceptors (Lipinski definition) is 1. The van der Waals surface area contributed by atoms with Crippen LogP contribution in [0.5, 0.6) is 0 Å². The van der Waals surface area contributed by atoms with Crippen LogP contribution in [-0.2, 0) is 11.8 Å². The molecule has 1 nitrogen and oxygen atoms in total. The van der Waals surface area contributed by atoms with Gasteiger partial charge >= 0.3 is 0 Å². The molecule has 0 heterocycles. The fourth-order valence-electron chi connectivity index (χ4n) is 3.67. The number of fused-ring (bicyclic) bond motifs is 1. The zero-order valence-electron chi connectivity index (χ0n) is 15.1. The first kappa shape index (κ1) is 16.7. The molecule has 0 saturated carbocycles. The van der Waals surface area contributed by atoms with Gasteiger partial charge in [-0.2, -0.15) is 0 Å². The Hall–Kier alpha value is -2.15. The second kappa shape index (κ2) is 6.39. The van der Waals surface area contributed by atoms with E-state index in [-0.39, 0.29) is 11.2 Å². The van der Waals surface area contributed by atoms with E-state index in [2.05, 4.69) is 45.0 Å². The Labute approximate surface area is 145 Å². The van der Waals surface area contributed by atoms with Gasteiger partial charge in [-0.3, -0.25) is 4.79 Å². The lowest BCUT2D eigenvalue weighted by atomic mass is 9.72. The molecule has 1 aliphatic rings. The summed E-state index contributed by atoms with van der Waals surface area (Å²) in [6.07, 6.45) is 5.95. The highest BCUT2D eigenvalue weighted by molar-refractivity contribution is 5.94. The molecule has 124 valence electrons. The molecule has 2 aromatic rings. The zero-order chi connectivity index (χ0) is 17.3. The van der Waals surface area contributed by atoms with Gasteiger partial charge in [0.1, 0.15) is 0 Å².